The fourth-order valence-electron chi connectivity index (χ4n) is 1.89. The highest BCUT2D eigenvalue weighted by molar-refractivity contribution is 14.0. The lowest BCUT2D eigenvalue weighted by atomic mass is 10.2. The van der Waals surface area contributed by atoms with Crippen LogP contribution in [-0.4, -0.2) is 35.5 Å². The second-order valence-electron chi connectivity index (χ2n) is 4.29. The van der Waals surface area contributed by atoms with Gasteiger partial charge in [0.1, 0.15) is 0 Å². The van der Waals surface area contributed by atoms with Crippen molar-refractivity contribution in [3.8, 4) is 0 Å². The number of thiazole rings is 1. The summed E-state index contributed by atoms with van der Waals surface area (Å²) in [6.07, 6.45) is 4.60. The molecule has 0 radical (unpaired) electrons. The number of aromatic nitrogens is 1. The van der Waals surface area contributed by atoms with Crippen LogP contribution in [0.3, 0.4) is 0 Å². The van der Waals surface area contributed by atoms with Crippen LogP contribution in [0.4, 0.5) is 0 Å². The molecule has 19 heavy (non-hydrogen) atoms. The number of halogens is 1. The molecule has 0 amide bonds. The molecule has 7 heteroatoms. The van der Waals surface area contributed by atoms with Gasteiger partial charge in [-0.3, -0.25) is 4.99 Å². The minimum atomic E-state index is 0. The van der Waals surface area contributed by atoms with Crippen LogP contribution in [0.5, 0.6) is 0 Å². The number of rotatable bonds is 4. The minimum absolute atomic E-state index is 0. The molecule has 2 heterocycles. The molecule has 1 saturated heterocycles. The van der Waals surface area contributed by atoms with Crippen LogP contribution in [0.1, 0.15) is 22.7 Å². The molecular weight excluding hydrogens is 391 g/mol. The molecule has 2 N–H and O–H groups in total. The van der Waals surface area contributed by atoms with Gasteiger partial charge in [-0.25, -0.2) is 4.98 Å². The lowest BCUT2D eigenvalue weighted by Crippen LogP contribution is -2.39. The molecule has 0 spiro atoms. The highest BCUT2D eigenvalue weighted by Gasteiger charge is 2.15. The van der Waals surface area contributed by atoms with E-state index in [1.54, 1.807) is 11.3 Å². The number of hydrogen-bond acceptors (Lipinski definition) is 4. The van der Waals surface area contributed by atoms with Gasteiger partial charge in [0.05, 0.1) is 11.6 Å². The van der Waals surface area contributed by atoms with Crippen molar-refractivity contribution in [3.63, 3.8) is 0 Å². The SMILES string of the molecule is CN=C(NCc1cnc(C)s1)NCC1CCCS1.I. The molecule has 1 aliphatic rings. The molecule has 1 fully saturated rings. The molecular formula is C12H21IN4S2. The molecule has 1 aromatic heterocycles. The maximum atomic E-state index is 4.24. The number of aryl methyl sites for hydroxylation is 1. The van der Waals surface area contributed by atoms with Crippen LogP contribution in [0.2, 0.25) is 0 Å². The van der Waals surface area contributed by atoms with Gasteiger partial charge in [-0.2, -0.15) is 11.8 Å². The van der Waals surface area contributed by atoms with E-state index in [9.17, 15) is 0 Å². The monoisotopic (exact) mass is 412 g/mol. The van der Waals surface area contributed by atoms with E-state index >= 15 is 0 Å². The lowest BCUT2D eigenvalue weighted by molar-refractivity contribution is 0.727. The summed E-state index contributed by atoms with van der Waals surface area (Å²) in [7, 11) is 1.81. The lowest BCUT2D eigenvalue weighted by Gasteiger charge is -2.14. The number of thioether (sulfide) groups is 1. The van der Waals surface area contributed by atoms with E-state index in [0.717, 1.165) is 29.3 Å². The Hall–Kier alpha value is -0.0200. The Balaban J connectivity index is 0.00000180. The van der Waals surface area contributed by atoms with Gasteiger partial charge >= 0.3 is 0 Å². The zero-order valence-electron chi connectivity index (χ0n) is 11.3. The van der Waals surface area contributed by atoms with Crippen molar-refractivity contribution in [1.82, 2.24) is 15.6 Å². The summed E-state index contributed by atoms with van der Waals surface area (Å²) in [5.74, 6) is 2.19. The summed E-state index contributed by atoms with van der Waals surface area (Å²) in [6.45, 7) is 3.83. The van der Waals surface area contributed by atoms with Crippen LogP contribution >= 0.6 is 47.1 Å². The molecule has 108 valence electrons. The van der Waals surface area contributed by atoms with Crippen molar-refractivity contribution >= 4 is 53.0 Å². The van der Waals surface area contributed by atoms with Gasteiger partial charge in [-0.05, 0) is 25.5 Å². The van der Waals surface area contributed by atoms with Crippen LogP contribution in [0, 0.1) is 6.92 Å². The van der Waals surface area contributed by atoms with Crippen molar-refractivity contribution in [3.05, 3.63) is 16.1 Å². The second-order valence-corrected chi connectivity index (χ2v) is 7.01. The van der Waals surface area contributed by atoms with Gasteiger partial charge in [0.2, 0.25) is 0 Å². The standard InChI is InChI=1S/C12H20N4S2.HI/c1-9-14-7-11(18-9)8-16-12(13-2)15-6-10-4-3-5-17-10;/h7,10H,3-6,8H2,1-2H3,(H2,13,15,16);1H. The summed E-state index contributed by atoms with van der Waals surface area (Å²) in [5, 5.41) is 8.57. The first-order valence-electron chi connectivity index (χ1n) is 6.25. The quantitative estimate of drug-likeness (QED) is 0.454. The predicted molar refractivity (Wildman–Crippen MR) is 95.9 cm³/mol. The van der Waals surface area contributed by atoms with Crippen molar-refractivity contribution in [2.24, 2.45) is 4.99 Å². The molecule has 1 unspecified atom stereocenters. The Morgan fingerprint density at radius 1 is 1.53 bits per heavy atom. The van der Waals surface area contributed by atoms with Crippen molar-refractivity contribution in [2.75, 3.05) is 19.3 Å². The Morgan fingerprint density at radius 2 is 2.37 bits per heavy atom. The van der Waals surface area contributed by atoms with Gasteiger partial charge in [0.15, 0.2) is 5.96 Å². The van der Waals surface area contributed by atoms with E-state index in [1.807, 2.05) is 20.2 Å². The Labute approximate surface area is 140 Å². The number of aliphatic imine (C=N–C) groups is 1. The average Bonchev–Trinajstić information content (AvgIpc) is 3.01. The van der Waals surface area contributed by atoms with E-state index in [0.29, 0.717) is 0 Å². The first-order chi connectivity index (χ1) is 8.78. The third-order valence-electron chi connectivity index (χ3n) is 2.84. The third kappa shape index (κ3) is 5.86. The summed E-state index contributed by atoms with van der Waals surface area (Å²) in [5.41, 5.74) is 0. The number of nitrogens with one attached hydrogen (secondary N) is 2. The summed E-state index contributed by atoms with van der Waals surface area (Å²) in [6, 6.07) is 0. The summed E-state index contributed by atoms with van der Waals surface area (Å²) < 4.78 is 0. The number of nitrogens with zero attached hydrogens (tertiary/aromatic N) is 2. The Morgan fingerprint density at radius 3 is 2.95 bits per heavy atom. The Bertz CT molecular complexity index is 402. The first kappa shape index (κ1) is 17.0. The first-order valence-corrected chi connectivity index (χ1v) is 8.12. The molecule has 0 aromatic carbocycles. The van der Waals surface area contributed by atoms with Crippen LogP contribution in [-0.2, 0) is 6.54 Å². The zero-order valence-corrected chi connectivity index (χ0v) is 15.3. The minimum Gasteiger partial charge on any atom is -0.355 e. The topological polar surface area (TPSA) is 49.3 Å². The highest BCUT2D eigenvalue weighted by atomic mass is 127. The van der Waals surface area contributed by atoms with Gasteiger partial charge in [0.25, 0.3) is 0 Å². The Kier molecular flexibility index (Phi) is 8.08. The van der Waals surface area contributed by atoms with E-state index < -0.39 is 0 Å². The molecule has 1 aliphatic heterocycles. The molecule has 2 rings (SSSR count). The molecule has 1 atom stereocenters. The molecule has 0 bridgehead atoms. The predicted octanol–water partition coefficient (Wildman–Crippen LogP) is 2.63. The second kappa shape index (κ2) is 9.02. The van der Waals surface area contributed by atoms with Gasteiger partial charge in [-0.15, -0.1) is 35.3 Å². The average molecular weight is 412 g/mol. The van der Waals surface area contributed by atoms with Crippen LogP contribution in [0.15, 0.2) is 11.2 Å². The van der Waals surface area contributed by atoms with Crippen molar-refractivity contribution < 1.29 is 0 Å². The zero-order chi connectivity index (χ0) is 12.8. The van der Waals surface area contributed by atoms with E-state index in [4.69, 9.17) is 0 Å². The maximum Gasteiger partial charge on any atom is 0.191 e. The highest BCUT2D eigenvalue weighted by Crippen LogP contribution is 2.25. The largest absolute Gasteiger partial charge is 0.355 e. The third-order valence-corrected chi connectivity index (χ3v) is 5.15. The molecule has 0 saturated carbocycles. The van der Waals surface area contributed by atoms with Gasteiger partial charge in [-0.1, -0.05) is 0 Å². The van der Waals surface area contributed by atoms with Crippen LogP contribution in [0.25, 0.3) is 0 Å². The van der Waals surface area contributed by atoms with E-state index in [-0.39, 0.29) is 24.0 Å². The van der Waals surface area contributed by atoms with Crippen molar-refractivity contribution in [2.45, 2.75) is 31.6 Å². The summed E-state index contributed by atoms with van der Waals surface area (Å²) in [4.78, 5) is 9.73. The normalized spacial score (nSPS) is 19.1. The fourth-order valence-corrected chi connectivity index (χ4v) is 3.83. The summed E-state index contributed by atoms with van der Waals surface area (Å²) >= 11 is 3.78. The van der Waals surface area contributed by atoms with Gasteiger partial charge in [0, 0.05) is 29.9 Å². The van der Waals surface area contributed by atoms with E-state index in [2.05, 4.69) is 32.4 Å². The van der Waals surface area contributed by atoms with Crippen LogP contribution < -0.4 is 10.6 Å². The van der Waals surface area contributed by atoms with Crippen molar-refractivity contribution in [1.29, 1.82) is 0 Å². The maximum absolute atomic E-state index is 4.24. The van der Waals surface area contributed by atoms with E-state index in [1.165, 1.54) is 23.5 Å². The number of guanidine groups is 1. The molecule has 0 aliphatic carbocycles. The fraction of sp³-hybridized carbons (Fsp3) is 0.667. The van der Waals surface area contributed by atoms with Gasteiger partial charge < -0.3 is 10.6 Å². The number of hydrogen-bond donors (Lipinski definition) is 2. The molecule has 1 aromatic rings. The smallest absolute Gasteiger partial charge is 0.191 e. The molecule has 4 nitrogen and oxygen atoms in total.